The number of halogens is 1. The van der Waals surface area contributed by atoms with Crippen molar-refractivity contribution in [1.82, 2.24) is 0 Å². The highest BCUT2D eigenvalue weighted by Gasteiger charge is 2.03. The topological polar surface area (TPSA) is 40.1 Å². The zero-order chi connectivity index (χ0) is 7.56. The van der Waals surface area contributed by atoms with E-state index in [9.17, 15) is 9.46 Å². The van der Waals surface area contributed by atoms with Crippen molar-refractivity contribution in [3.8, 4) is 0 Å². The lowest BCUT2D eigenvalue weighted by Gasteiger charge is -1.88. The molecule has 4 heteroatoms. The van der Waals surface area contributed by atoms with E-state index >= 15 is 0 Å². The summed E-state index contributed by atoms with van der Waals surface area (Å²) in [6.07, 6.45) is 0. The normalized spacial score (nSPS) is 11.2. The van der Waals surface area contributed by atoms with Crippen molar-refractivity contribution in [2.24, 2.45) is 0 Å². The summed E-state index contributed by atoms with van der Waals surface area (Å²) < 4.78 is 11.2. The van der Waals surface area contributed by atoms with Crippen LogP contribution in [0.4, 0.5) is 0 Å². The molecule has 1 aromatic carbocycles. The molecule has 0 fully saturated rings. The van der Waals surface area contributed by atoms with E-state index in [0.717, 1.165) is 4.47 Å². The molecular weight excluding hydrogens is 215 g/mol. The molecule has 1 aromatic rings. The number of hydrogen-bond acceptors (Lipinski definition) is 2. The second kappa shape index (κ2) is 3.24. The molecular formula is C6H4BrO2P. The van der Waals surface area contributed by atoms with Gasteiger partial charge in [0.1, 0.15) is 0 Å². The Bertz CT molecular complexity index is 244. The van der Waals surface area contributed by atoms with Crippen molar-refractivity contribution < 1.29 is 9.46 Å². The molecule has 1 unspecified atom stereocenters. The molecule has 1 atom stereocenters. The monoisotopic (exact) mass is 218 g/mol. The molecule has 52 valence electrons. The lowest BCUT2D eigenvalue weighted by Crippen LogP contribution is -2.02. The largest absolute Gasteiger partial charge is 0.591 e. The minimum atomic E-state index is -2.43. The summed E-state index contributed by atoms with van der Waals surface area (Å²) in [4.78, 5) is 10.3. The molecule has 0 spiro atoms. The highest BCUT2D eigenvalue weighted by molar-refractivity contribution is 9.10. The Kier molecular flexibility index (Phi) is 2.55. The summed E-state index contributed by atoms with van der Waals surface area (Å²) in [5.41, 5.74) is 0. The minimum absolute atomic E-state index is 0.346. The van der Waals surface area contributed by atoms with E-state index in [1.54, 1.807) is 24.3 Å². The Labute approximate surface area is 67.9 Å². The second-order valence-electron chi connectivity index (χ2n) is 1.73. The molecule has 0 radical (unpaired) electrons. The predicted molar refractivity (Wildman–Crippen MR) is 41.4 cm³/mol. The lowest BCUT2D eigenvalue weighted by molar-refractivity contribution is -0.160. The Hall–Kier alpha value is -0.240. The average Bonchev–Trinajstić information content (AvgIpc) is 1.88. The van der Waals surface area contributed by atoms with Gasteiger partial charge in [-0.15, -0.1) is 0 Å². The van der Waals surface area contributed by atoms with Crippen LogP contribution in [0.15, 0.2) is 28.7 Å². The van der Waals surface area contributed by atoms with E-state index in [-0.39, 0.29) is 0 Å². The summed E-state index contributed by atoms with van der Waals surface area (Å²) in [6, 6.07) is 6.49. The molecule has 0 aromatic heterocycles. The summed E-state index contributed by atoms with van der Waals surface area (Å²) >= 11 is 3.20. The van der Waals surface area contributed by atoms with Crippen molar-refractivity contribution in [3.63, 3.8) is 0 Å². The van der Waals surface area contributed by atoms with Gasteiger partial charge in [0, 0.05) is 4.47 Å². The average molecular weight is 219 g/mol. The first-order valence-electron chi connectivity index (χ1n) is 2.60. The number of hydrogen-bond donors (Lipinski definition) is 0. The van der Waals surface area contributed by atoms with E-state index in [1.807, 2.05) is 0 Å². The molecule has 0 bridgehead atoms. The fraction of sp³-hybridized carbons (Fsp3) is 0. The van der Waals surface area contributed by atoms with Crippen molar-refractivity contribution in [1.29, 1.82) is 0 Å². The molecule has 10 heavy (non-hydrogen) atoms. The first-order valence-corrected chi connectivity index (χ1v) is 4.57. The van der Waals surface area contributed by atoms with Gasteiger partial charge in [0.05, 0.1) is 0 Å². The van der Waals surface area contributed by atoms with Crippen molar-refractivity contribution in [2.75, 3.05) is 0 Å². The van der Waals surface area contributed by atoms with E-state index in [0.29, 0.717) is 5.30 Å². The molecule has 2 nitrogen and oxygen atoms in total. The van der Waals surface area contributed by atoms with Crippen LogP contribution in [0, 0.1) is 0 Å². The maximum atomic E-state index is 10.3. The third-order valence-corrected chi connectivity index (χ3v) is 2.29. The van der Waals surface area contributed by atoms with Gasteiger partial charge in [-0.25, -0.2) is 0 Å². The van der Waals surface area contributed by atoms with Crippen LogP contribution in [0.2, 0.25) is 0 Å². The first-order chi connectivity index (χ1) is 4.70. The van der Waals surface area contributed by atoms with Gasteiger partial charge in [-0.1, -0.05) is 20.5 Å². The van der Waals surface area contributed by atoms with Crippen LogP contribution in [0.3, 0.4) is 0 Å². The Balaban J connectivity index is 3.00. The Morgan fingerprint density at radius 1 is 1.30 bits per heavy atom. The van der Waals surface area contributed by atoms with Gasteiger partial charge < -0.3 is 4.89 Å². The van der Waals surface area contributed by atoms with E-state index in [2.05, 4.69) is 15.9 Å². The number of rotatable bonds is 1. The number of benzene rings is 1. The highest BCUT2D eigenvalue weighted by atomic mass is 79.9. The van der Waals surface area contributed by atoms with Crippen LogP contribution in [0.5, 0.6) is 0 Å². The Morgan fingerprint density at radius 2 is 1.80 bits per heavy atom. The van der Waals surface area contributed by atoms with Gasteiger partial charge in [-0.05, 0) is 24.3 Å². The van der Waals surface area contributed by atoms with Gasteiger partial charge >= 0.3 is 8.03 Å². The van der Waals surface area contributed by atoms with Gasteiger partial charge in [0.2, 0.25) is 0 Å². The summed E-state index contributed by atoms with van der Waals surface area (Å²) in [6.45, 7) is 0. The van der Waals surface area contributed by atoms with Crippen LogP contribution in [0.1, 0.15) is 0 Å². The van der Waals surface area contributed by atoms with Crippen molar-refractivity contribution in [2.45, 2.75) is 0 Å². The van der Waals surface area contributed by atoms with Gasteiger partial charge in [-0.3, -0.25) is 0 Å². The lowest BCUT2D eigenvalue weighted by atomic mass is 10.4. The van der Waals surface area contributed by atoms with Crippen molar-refractivity contribution in [3.05, 3.63) is 28.7 Å². The van der Waals surface area contributed by atoms with Crippen LogP contribution < -0.4 is 10.2 Å². The predicted octanol–water partition coefficient (Wildman–Crippen LogP) is 1.18. The first kappa shape index (κ1) is 7.86. The zero-order valence-corrected chi connectivity index (χ0v) is 7.43. The van der Waals surface area contributed by atoms with Gasteiger partial charge in [0.15, 0.2) is 5.30 Å². The summed E-state index contributed by atoms with van der Waals surface area (Å²) in [5.74, 6) is 0. The molecule has 0 aliphatic heterocycles. The molecule has 1 rings (SSSR count). The maximum absolute atomic E-state index is 10.3. The molecule has 0 saturated carbocycles. The Morgan fingerprint density at radius 3 is 2.20 bits per heavy atom. The molecule has 0 N–H and O–H groups in total. The van der Waals surface area contributed by atoms with Crippen LogP contribution >= 0.6 is 24.0 Å². The summed E-state index contributed by atoms with van der Waals surface area (Å²) in [5, 5.41) is 0.346. The van der Waals surface area contributed by atoms with E-state index in [4.69, 9.17) is 0 Å². The molecule has 0 aliphatic rings. The third-order valence-electron chi connectivity index (χ3n) is 1.04. The van der Waals surface area contributed by atoms with Gasteiger partial charge in [-0.2, -0.15) is 0 Å². The quantitative estimate of drug-likeness (QED) is 0.665. The molecule has 0 aliphatic carbocycles. The maximum Gasteiger partial charge on any atom is 0.348 e. The van der Waals surface area contributed by atoms with Gasteiger partial charge in [0.25, 0.3) is 0 Å². The van der Waals surface area contributed by atoms with Crippen LogP contribution in [-0.2, 0) is 4.57 Å². The van der Waals surface area contributed by atoms with E-state index < -0.39 is 8.03 Å². The molecule has 0 heterocycles. The van der Waals surface area contributed by atoms with Crippen molar-refractivity contribution >= 4 is 29.3 Å². The standard InChI is InChI=1S/C6H4BrO2P/c7-5-1-3-6(4-2-5)10(8)9/h1-4H. The molecule has 0 saturated heterocycles. The second-order valence-corrected chi connectivity index (χ2v) is 3.68. The fourth-order valence-corrected chi connectivity index (χ4v) is 1.22. The summed E-state index contributed by atoms with van der Waals surface area (Å²) in [7, 11) is -2.43. The van der Waals surface area contributed by atoms with E-state index in [1.165, 1.54) is 0 Å². The molecule has 0 amide bonds. The SMILES string of the molecule is O=[P+]([O-])c1ccc(Br)cc1. The third kappa shape index (κ3) is 1.87. The smallest absolute Gasteiger partial charge is 0.348 e. The van der Waals surface area contributed by atoms with Crippen LogP contribution in [0.25, 0.3) is 0 Å². The van der Waals surface area contributed by atoms with Crippen LogP contribution in [-0.4, -0.2) is 0 Å². The zero-order valence-electron chi connectivity index (χ0n) is 4.95. The highest BCUT2D eigenvalue weighted by Crippen LogP contribution is 2.11. The minimum Gasteiger partial charge on any atom is -0.591 e. The fourth-order valence-electron chi connectivity index (χ4n) is 0.563.